The lowest BCUT2D eigenvalue weighted by molar-refractivity contribution is 0.0938. The molecule has 0 aliphatic rings. The number of nitrogens with one attached hydrogen (secondary N) is 1. The van der Waals surface area contributed by atoms with Crippen molar-refractivity contribution >= 4 is 28.5 Å². The van der Waals surface area contributed by atoms with Crippen molar-refractivity contribution in [1.82, 2.24) is 14.9 Å². The van der Waals surface area contributed by atoms with E-state index in [0.717, 1.165) is 42.0 Å². The maximum atomic E-state index is 12.9. The number of benzene rings is 3. The molecule has 0 saturated heterocycles. The van der Waals surface area contributed by atoms with Crippen LogP contribution in [0.15, 0.2) is 66.7 Å². The van der Waals surface area contributed by atoms with E-state index in [9.17, 15) is 4.79 Å². The van der Waals surface area contributed by atoms with Crippen LogP contribution in [0.4, 0.5) is 0 Å². The van der Waals surface area contributed by atoms with Gasteiger partial charge in [-0.15, -0.1) is 0 Å². The molecule has 3 aromatic carbocycles. The Hall–Kier alpha value is -3.31. The molecule has 4 aromatic rings. The van der Waals surface area contributed by atoms with Crippen molar-refractivity contribution in [3.63, 3.8) is 0 Å². The lowest BCUT2D eigenvalue weighted by Gasteiger charge is -2.17. The minimum atomic E-state index is -0.279. The first kappa shape index (κ1) is 25.8. The fourth-order valence-electron chi connectivity index (χ4n) is 4.44. The van der Waals surface area contributed by atoms with Crippen molar-refractivity contribution in [3.8, 4) is 5.75 Å². The highest BCUT2D eigenvalue weighted by molar-refractivity contribution is 6.33. The van der Waals surface area contributed by atoms with Crippen LogP contribution in [-0.4, -0.2) is 22.1 Å². The summed E-state index contributed by atoms with van der Waals surface area (Å²) in [5.74, 6) is 2.02. The number of para-hydroxylation sites is 2. The van der Waals surface area contributed by atoms with Crippen LogP contribution in [0.1, 0.15) is 72.9 Å². The molecule has 0 aliphatic carbocycles. The van der Waals surface area contributed by atoms with Crippen LogP contribution in [0.5, 0.6) is 5.75 Å². The Labute approximate surface area is 218 Å². The molecule has 36 heavy (non-hydrogen) atoms. The summed E-state index contributed by atoms with van der Waals surface area (Å²) >= 11 is 6.23. The zero-order valence-electron chi connectivity index (χ0n) is 21.4. The molecule has 1 atom stereocenters. The molecule has 1 N–H and O–H groups in total. The zero-order chi connectivity index (χ0) is 25.7. The van der Waals surface area contributed by atoms with E-state index in [1.807, 2.05) is 37.3 Å². The third kappa shape index (κ3) is 5.90. The predicted molar refractivity (Wildman–Crippen MR) is 147 cm³/mol. The molecule has 188 valence electrons. The van der Waals surface area contributed by atoms with E-state index in [0.29, 0.717) is 23.1 Å². The van der Waals surface area contributed by atoms with Crippen LogP contribution in [0, 0.1) is 6.92 Å². The summed E-state index contributed by atoms with van der Waals surface area (Å²) in [6, 6.07) is 21.3. The van der Waals surface area contributed by atoms with Gasteiger partial charge >= 0.3 is 0 Å². The van der Waals surface area contributed by atoms with Gasteiger partial charge in [-0.1, -0.05) is 61.8 Å². The largest absolute Gasteiger partial charge is 0.493 e. The smallest absolute Gasteiger partial charge is 0.253 e. The molecule has 6 heteroatoms. The van der Waals surface area contributed by atoms with Crippen molar-refractivity contribution in [2.45, 2.75) is 59.0 Å². The van der Waals surface area contributed by atoms with Gasteiger partial charge in [-0.25, -0.2) is 4.98 Å². The second-order valence-corrected chi connectivity index (χ2v) is 9.94. The number of fused-ring (bicyclic) bond motifs is 1. The molecule has 1 aromatic heterocycles. The number of unbranched alkanes of at least 4 members (excludes halogenated alkanes) is 1. The van der Waals surface area contributed by atoms with E-state index in [2.05, 4.69) is 54.9 Å². The molecular weight excluding hydrogens is 470 g/mol. The number of nitrogens with zero attached hydrogens (tertiary/aromatic N) is 2. The predicted octanol–water partition coefficient (Wildman–Crippen LogP) is 7.47. The van der Waals surface area contributed by atoms with Crippen molar-refractivity contribution in [2.75, 3.05) is 6.61 Å². The quantitative estimate of drug-likeness (QED) is 0.228. The third-order valence-electron chi connectivity index (χ3n) is 6.36. The van der Waals surface area contributed by atoms with Gasteiger partial charge in [-0.2, -0.15) is 0 Å². The number of aryl methyl sites for hydroxylation is 2. The number of hydrogen-bond acceptors (Lipinski definition) is 3. The van der Waals surface area contributed by atoms with E-state index in [4.69, 9.17) is 21.3 Å². The number of halogens is 1. The number of carbonyl (C=O) groups is 1. The van der Waals surface area contributed by atoms with Gasteiger partial charge in [-0.3, -0.25) is 4.79 Å². The Morgan fingerprint density at radius 3 is 2.56 bits per heavy atom. The van der Waals surface area contributed by atoms with E-state index in [1.165, 1.54) is 11.1 Å². The first-order valence-electron chi connectivity index (χ1n) is 12.6. The number of aromatic nitrogens is 2. The monoisotopic (exact) mass is 503 g/mol. The van der Waals surface area contributed by atoms with Crippen LogP contribution in [0.25, 0.3) is 11.0 Å². The summed E-state index contributed by atoms with van der Waals surface area (Å²) in [4.78, 5) is 17.7. The number of ether oxygens (including phenoxy) is 1. The molecule has 1 amide bonds. The fourth-order valence-corrected chi connectivity index (χ4v) is 4.66. The summed E-state index contributed by atoms with van der Waals surface area (Å²) in [6.07, 6.45) is 1.85. The van der Waals surface area contributed by atoms with E-state index >= 15 is 0 Å². The Balaban J connectivity index is 1.44. The van der Waals surface area contributed by atoms with E-state index < -0.39 is 0 Å². The maximum absolute atomic E-state index is 12.9. The van der Waals surface area contributed by atoms with Crippen molar-refractivity contribution in [1.29, 1.82) is 0 Å². The van der Waals surface area contributed by atoms with Gasteiger partial charge in [0.05, 0.1) is 34.3 Å². The first-order valence-corrected chi connectivity index (χ1v) is 13.0. The Bertz CT molecular complexity index is 1350. The molecule has 4 rings (SSSR count). The highest BCUT2D eigenvalue weighted by Crippen LogP contribution is 2.28. The Morgan fingerprint density at radius 2 is 1.78 bits per heavy atom. The summed E-state index contributed by atoms with van der Waals surface area (Å²) in [6.45, 7) is 9.87. The SMILES string of the molecule is Cc1ccc(C(C)C)c(OCCCCn2c(C(C)NC(=O)c3ccccc3Cl)nc3ccccc32)c1. The van der Waals surface area contributed by atoms with Gasteiger partial charge in [0, 0.05) is 6.54 Å². The zero-order valence-corrected chi connectivity index (χ0v) is 22.2. The van der Waals surface area contributed by atoms with Crippen LogP contribution < -0.4 is 10.1 Å². The normalized spacial score (nSPS) is 12.2. The summed E-state index contributed by atoms with van der Waals surface area (Å²) in [5, 5.41) is 3.50. The molecule has 1 unspecified atom stereocenters. The van der Waals surface area contributed by atoms with Gasteiger partial charge in [0.25, 0.3) is 5.91 Å². The number of carbonyl (C=O) groups excluding carboxylic acids is 1. The first-order chi connectivity index (χ1) is 17.3. The second kappa shape index (κ2) is 11.6. The van der Waals surface area contributed by atoms with Gasteiger partial charge < -0.3 is 14.6 Å². The van der Waals surface area contributed by atoms with Crippen molar-refractivity contribution < 1.29 is 9.53 Å². The standard InChI is InChI=1S/C30H34ClN3O2/c1-20(2)23-16-15-21(3)19-28(23)36-18-10-9-17-34-27-14-8-7-13-26(27)33-29(34)22(4)32-30(35)24-11-5-6-12-25(24)31/h5-8,11-16,19-20,22H,9-10,17-18H2,1-4H3,(H,32,35). The number of imidazole rings is 1. The highest BCUT2D eigenvalue weighted by Gasteiger charge is 2.20. The Kier molecular flexibility index (Phi) is 8.32. The third-order valence-corrected chi connectivity index (χ3v) is 6.69. The minimum absolute atomic E-state index is 0.209. The summed E-state index contributed by atoms with van der Waals surface area (Å²) < 4.78 is 8.39. The molecule has 0 aliphatic heterocycles. The van der Waals surface area contributed by atoms with Gasteiger partial charge in [0.15, 0.2) is 0 Å². The molecule has 5 nitrogen and oxygen atoms in total. The minimum Gasteiger partial charge on any atom is -0.493 e. The van der Waals surface area contributed by atoms with Crippen molar-refractivity contribution in [2.24, 2.45) is 0 Å². The second-order valence-electron chi connectivity index (χ2n) is 9.54. The van der Waals surface area contributed by atoms with Gasteiger partial charge in [0.2, 0.25) is 0 Å². The summed E-state index contributed by atoms with van der Waals surface area (Å²) in [7, 11) is 0. The summed E-state index contributed by atoms with van der Waals surface area (Å²) in [5.41, 5.74) is 4.89. The fraction of sp³-hybridized carbons (Fsp3) is 0.333. The van der Waals surface area contributed by atoms with Crippen LogP contribution in [0.3, 0.4) is 0 Å². The van der Waals surface area contributed by atoms with E-state index in [1.54, 1.807) is 12.1 Å². The molecule has 0 bridgehead atoms. The molecule has 1 heterocycles. The molecule has 0 spiro atoms. The number of hydrogen-bond donors (Lipinski definition) is 1. The average Bonchev–Trinajstić information content (AvgIpc) is 3.22. The number of rotatable bonds is 10. The molecular formula is C30H34ClN3O2. The van der Waals surface area contributed by atoms with Gasteiger partial charge in [0.1, 0.15) is 11.6 Å². The van der Waals surface area contributed by atoms with Crippen molar-refractivity contribution in [3.05, 3.63) is 94.3 Å². The van der Waals surface area contributed by atoms with Crippen LogP contribution >= 0.6 is 11.6 Å². The molecule has 0 fully saturated rings. The average molecular weight is 504 g/mol. The number of amides is 1. The van der Waals surface area contributed by atoms with Crippen LogP contribution in [-0.2, 0) is 6.54 Å². The molecule has 0 saturated carbocycles. The highest BCUT2D eigenvalue weighted by atomic mass is 35.5. The van der Waals surface area contributed by atoms with Gasteiger partial charge in [-0.05, 0) is 74.1 Å². The molecule has 0 radical (unpaired) electrons. The maximum Gasteiger partial charge on any atom is 0.253 e. The van der Waals surface area contributed by atoms with E-state index in [-0.39, 0.29) is 11.9 Å². The Morgan fingerprint density at radius 1 is 1.03 bits per heavy atom. The topological polar surface area (TPSA) is 56.1 Å². The lowest BCUT2D eigenvalue weighted by Crippen LogP contribution is -2.29. The lowest BCUT2D eigenvalue weighted by atomic mass is 10.0. The van der Waals surface area contributed by atoms with Crippen LogP contribution in [0.2, 0.25) is 5.02 Å².